The zero-order valence-electron chi connectivity index (χ0n) is 18.2. The summed E-state index contributed by atoms with van der Waals surface area (Å²) in [5.74, 6) is -0.452. The third kappa shape index (κ3) is 6.78. The average molecular weight is 563 g/mol. The molecular formula is C25H18Cl3N3O2S2. The van der Waals surface area contributed by atoms with Crippen molar-refractivity contribution in [2.24, 2.45) is 0 Å². The molecule has 0 saturated carbocycles. The Kier molecular flexibility index (Phi) is 8.36. The molecule has 0 saturated heterocycles. The summed E-state index contributed by atoms with van der Waals surface area (Å²) in [6.07, 6.45) is 0. The highest BCUT2D eigenvalue weighted by atomic mass is 35.5. The molecule has 0 spiro atoms. The summed E-state index contributed by atoms with van der Waals surface area (Å²) in [6, 6.07) is 19.2. The molecule has 0 bridgehead atoms. The maximum absolute atomic E-state index is 12.8. The van der Waals surface area contributed by atoms with E-state index in [0.29, 0.717) is 37.1 Å². The lowest BCUT2D eigenvalue weighted by Gasteiger charge is -2.12. The maximum atomic E-state index is 12.8. The second-order valence-electron chi connectivity index (χ2n) is 7.40. The van der Waals surface area contributed by atoms with Crippen LogP contribution in [-0.2, 0) is 4.79 Å². The number of hydrogen-bond donors (Lipinski definition) is 2. The number of carbonyl (C=O) groups is 2. The molecular weight excluding hydrogens is 545 g/mol. The van der Waals surface area contributed by atoms with E-state index in [2.05, 4.69) is 15.6 Å². The molecule has 35 heavy (non-hydrogen) atoms. The van der Waals surface area contributed by atoms with Gasteiger partial charge in [0.1, 0.15) is 0 Å². The van der Waals surface area contributed by atoms with Crippen LogP contribution in [0.1, 0.15) is 17.3 Å². The molecule has 5 nitrogen and oxygen atoms in total. The molecule has 0 aliphatic carbocycles. The van der Waals surface area contributed by atoms with Gasteiger partial charge in [-0.2, -0.15) is 0 Å². The van der Waals surface area contributed by atoms with Gasteiger partial charge in [-0.15, -0.1) is 23.1 Å². The van der Waals surface area contributed by atoms with Crippen LogP contribution in [0.15, 0.2) is 77.0 Å². The molecule has 3 aromatic carbocycles. The highest BCUT2D eigenvalue weighted by Crippen LogP contribution is 2.33. The zero-order valence-corrected chi connectivity index (χ0v) is 22.1. The minimum absolute atomic E-state index is 0.188. The Labute approximate surface area is 225 Å². The average Bonchev–Trinajstić information content (AvgIpc) is 3.27. The maximum Gasteiger partial charge on any atom is 0.255 e. The van der Waals surface area contributed by atoms with Crippen LogP contribution < -0.4 is 10.6 Å². The molecule has 0 fully saturated rings. The van der Waals surface area contributed by atoms with E-state index in [9.17, 15) is 9.59 Å². The summed E-state index contributed by atoms with van der Waals surface area (Å²) in [6.45, 7) is 1.81. The number of halogens is 3. The van der Waals surface area contributed by atoms with Crippen molar-refractivity contribution in [3.63, 3.8) is 0 Å². The van der Waals surface area contributed by atoms with Gasteiger partial charge in [0.25, 0.3) is 5.91 Å². The lowest BCUT2D eigenvalue weighted by molar-refractivity contribution is -0.115. The van der Waals surface area contributed by atoms with E-state index < -0.39 is 5.25 Å². The second-order valence-corrected chi connectivity index (χ2v) is 11.0. The molecule has 2 N–H and O–H groups in total. The number of amides is 2. The van der Waals surface area contributed by atoms with Gasteiger partial charge in [-0.25, -0.2) is 4.98 Å². The molecule has 0 radical (unpaired) electrons. The van der Waals surface area contributed by atoms with Crippen molar-refractivity contribution >= 4 is 80.5 Å². The first kappa shape index (κ1) is 25.5. The van der Waals surface area contributed by atoms with Crippen LogP contribution in [0.3, 0.4) is 0 Å². The van der Waals surface area contributed by atoms with Crippen LogP contribution in [0.2, 0.25) is 15.1 Å². The fourth-order valence-electron chi connectivity index (χ4n) is 3.10. The summed E-state index contributed by atoms with van der Waals surface area (Å²) in [7, 11) is 0. The van der Waals surface area contributed by atoms with E-state index in [-0.39, 0.29) is 11.8 Å². The van der Waals surface area contributed by atoms with Gasteiger partial charge in [0.15, 0.2) is 5.13 Å². The Bertz CT molecular complexity index is 1390. The van der Waals surface area contributed by atoms with Crippen LogP contribution >= 0.6 is 57.9 Å². The van der Waals surface area contributed by atoms with Crippen molar-refractivity contribution in [1.82, 2.24) is 4.98 Å². The van der Waals surface area contributed by atoms with Gasteiger partial charge in [0.2, 0.25) is 5.91 Å². The predicted octanol–water partition coefficient (Wildman–Crippen LogP) is 8.14. The van der Waals surface area contributed by atoms with Gasteiger partial charge in [-0.1, -0.05) is 46.9 Å². The molecule has 178 valence electrons. The van der Waals surface area contributed by atoms with Crippen molar-refractivity contribution < 1.29 is 9.59 Å². The third-order valence-corrected chi connectivity index (χ3v) is 7.44. The number of thiazole rings is 1. The van der Waals surface area contributed by atoms with E-state index in [1.165, 1.54) is 23.1 Å². The van der Waals surface area contributed by atoms with Gasteiger partial charge in [0.05, 0.1) is 16.0 Å². The van der Waals surface area contributed by atoms with Crippen LogP contribution in [-0.4, -0.2) is 22.0 Å². The molecule has 0 aliphatic rings. The number of rotatable bonds is 7. The molecule has 4 rings (SSSR count). The molecule has 10 heteroatoms. The number of anilines is 2. The number of nitrogens with zero attached hydrogens (tertiary/aromatic N) is 1. The standard InChI is InChI=1S/C25H18Cl3N3O2S2/c1-14(23(32)31-25-30-22(13-34-25)20-9-8-17(27)11-21(20)28)35-19-7-3-6-18(12-19)29-24(33)15-4-2-5-16(26)10-15/h2-14H,1H3,(H,29,33)(H,30,31,32). The minimum Gasteiger partial charge on any atom is -0.322 e. The molecule has 1 aromatic heterocycles. The Hall–Kier alpha value is -2.55. The third-order valence-electron chi connectivity index (χ3n) is 4.80. The summed E-state index contributed by atoms with van der Waals surface area (Å²) >= 11 is 20.9. The number of nitrogens with one attached hydrogen (secondary N) is 2. The van der Waals surface area contributed by atoms with Crippen LogP contribution in [0.4, 0.5) is 10.8 Å². The fraction of sp³-hybridized carbons (Fsp3) is 0.0800. The van der Waals surface area contributed by atoms with E-state index >= 15 is 0 Å². The monoisotopic (exact) mass is 561 g/mol. The number of thioether (sulfide) groups is 1. The van der Waals surface area contributed by atoms with Gasteiger partial charge in [-0.05, 0) is 61.5 Å². The van der Waals surface area contributed by atoms with Gasteiger partial charge >= 0.3 is 0 Å². The highest BCUT2D eigenvalue weighted by molar-refractivity contribution is 8.00. The first-order chi connectivity index (χ1) is 16.8. The first-order valence-corrected chi connectivity index (χ1v) is 13.2. The summed E-state index contributed by atoms with van der Waals surface area (Å²) in [5, 5.41) is 9.14. The van der Waals surface area contributed by atoms with E-state index in [0.717, 1.165) is 10.5 Å². The Morgan fingerprint density at radius 1 is 0.943 bits per heavy atom. The van der Waals surface area contributed by atoms with Gasteiger partial charge < -0.3 is 10.6 Å². The normalized spacial score (nSPS) is 11.7. The van der Waals surface area contributed by atoms with Gasteiger partial charge in [0, 0.05) is 37.1 Å². The SMILES string of the molecule is CC(Sc1cccc(NC(=O)c2cccc(Cl)c2)c1)C(=O)Nc1nc(-c2ccc(Cl)cc2Cl)cs1. The largest absolute Gasteiger partial charge is 0.322 e. The first-order valence-electron chi connectivity index (χ1n) is 10.3. The van der Waals surface area contributed by atoms with Crippen LogP contribution in [0.25, 0.3) is 11.3 Å². The lowest BCUT2D eigenvalue weighted by atomic mass is 10.2. The predicted molar refractivity (Wildman–Crippen MR) is 147 cm³/mol. The van der Waals surface area contributed by atoms with Crippen molar-refractivity contribution in [2.75, 3.05) is 10.6 Å². The summed E-state index contributed by atoms with van der Waals surface area (Å²) in [4.78, 5) is 30.6. The lowest BCUT2D eigenvalue weighted by Crippen LogP contribution is -2.22. The van der Waals surface area contributed by atoms with E-state index in [1.807, 2.05) is 30.5 Å². The van der Waals surface area contributed by atoms with E-state index in [4.69, 9.17) is 34.8 Å². The quantitative estimate of drug-likeness (QED) is 0.223. The van der Waals surface area contributed by atoms with Crippen LogP contribution in [0.5, 0.6) is 0 Å². The summed E-state index contributed by atoms with van der Waals surface area (Å²) in [5.41, 5.74) is 2.49. The van der Waals surface area contributed by atoms with E-state index in [1.54, 1.807) is 48.5 Å². The second kappa shape index (κ2) is 11.5. The Morgan fingerprint density at radius 3 is 2.49 bits per heavy atom. The number of benzene rings is 3. The topological polar surface area (TPSA) is 71.1 Å². The highest BCUT2D eigenvalue weighted by Gasteiger charge is 2.17. The van der Waals surface area contributed by atoms with Crippen molar-refractivity contribution in [3.8, 4) is 11.3 Å². The van der Waals surface area contributed by atoms with Crippen LogP contribution in [0, 0.1) is 0 Å². The number of carbonyl (C=O) groups excluding carboxylic acids is 2. The fourth-order valence-corrected chi connectivity index (χ4v) is 5.43. The molecule has 2 amide bonds. The minimum atomic E-state index is -0.402. The Balaban J connectivity index is 1.37. The molecule has 1 atom stereocenters. The molecule has 4 aromatic rings. The number of hydrogen-bond acceptors (Lipinski definition) is 5. The molecule has 1 unspecified atom stereocenters. The smallest absolute Gasteiger partial charge is 0.255 e. The molecule has 0 aliphatic heterocycles. The van der Waals surface area contributed by atoms with Crippen molar-refractivity contribution in [3.05, 3.63) is 92.7 Å². The summed E-state index contributed by atoms with van der Waals surface area (Å²) < 4.78 is 0. The van der Waals surface area contributed by atoms with Crippen molar-refractivity contribution in [2.45, 2.75) is 17.1 Å². The zero-order chi connectivity index (χ0) is 24.9. The number of aromatic nitrogens is 1. The van der Waals surface area contributed by atoms with Gasteiger partial charge in [-0.3, -0.25) is 9.59 Å². The Morgan fingerprint density at radius 2 is 1.71 bits per heavy atom. The molecule has 1 heterocycles. The van der Waals surface area contributed by atoms with Crippen molar-refractivity contribution in [1.29, 1.82) is 0 Å².